The van der Waals surface area contributed by atoms with E-state index in [2.05, 4.69) is 31.9 Å². The molecule has 0 radical (unpaired) electrons. The SMILES string of the molecule is CC[C@H](C)[C@@H]([C@H](O)CC(=O)N1CCC[C@H]1[C@H](O)[C@@H](C)C(=O)N[C@@H](Cc1ccccc1)C(=O)OC(C)(C)C)N(C)C(=O)[C@@H](NC(=O)[C@H](C(C)C)N(C)C(=O)OCc1ccc(NC(=O)[C@H](CCCNC(N)=O)NC(=O)[C@@H](NC(=O)CCCCCN2C(=O)C=CC2=O)C(C)C)cc1)C(C)C. The number of amides is 12. The van der Waals surface area contributed by atoms with Gasteiger partial charge >= 0.3 is 18.1 Å². The van der Waals surface area contributed by atoms with E-state index >= 15 is 0 Å². The van der Waals surface area contributed by atoms with Crippen LogP contribution in [0.15, 0.2) is 66.7 Å². The van der Waals surface area contributed by atoms with Gasteiger partial charge in [-0.05, 0) is 106 Å². The molecule has 10 N–H and O–H groups in total. The van der Waals surface area contributed by atoms with Crippen molar-refractivity contribution in [2.24, 2.45) is 35.3 Å². The molecule has 0 spiro atoms. The molecule has 27 nitrogen and oxygen atoms in total. The molecule has 2 aromatic rings. The van der Waals surface area contributed by atoms with Crippen LogP contribution >= 0.6 is 0 Å². The zero-order valence-corrected chi connectivity index (χ0v) is 59.0. The van der Waals surface area contributed by atoms with Gasteiger partial charge in [0.25, 0.3) is 11.8 Å². The van der Waals surface area contributed by atoms with Gasteiger partial charge in [0.1, 0.15) is 42.4 Å². The third kappa shape index (κ3) is 25.2. The Morgan fingerprint density at radius 2 is 1.32 bits per heavy atom. The van der Waals surface area contributed by atoms with E-state index in [-0.39, 0.29) is 75.6 Å². The Hall–Kier alpha value is -8.46. The average Bonchev–Trinajstić information content (AvgIpc) is 1.81. The summed E-state index contributed by atoms with van der Waals surface area (Å²) >= 11 is 0. The normalized spacial score (nSPS) is 17.0. The number of urea groups is 1. The number of nitrogens with zero attached hydrogens (tertiary/aromatic N) is 4. The van der Waals surface area contributed by atoms with Crippen LogP contribution in [0.5, 0.6) is 0 Å². The number of primary amides is 1. The predicted molar refractivity (Wildman–Crippen MR) is 363 cm³/mol. The van der Waals surface area contributed by atoms with Crippen LogP contribution < -0.4 is 37.6 Å². The highest BCUT2D eigenvalue weighted by Crippen LogP contribution is 2.29. The Balaban J connectivity index is 1.37. The van der Waals surface area contributed by atoms with Gasteiger partial charge in [0.05, 0.1) is 36.6 Å². The topological polar surface area (TPSA) is 375 Å². The van der Waals surface area contributed by atoms with Crippen molar-refractivity contribution >= 4 is 76.9 Å². The van der Waals surface area contributed by atoms with Gasteiger partial charge in [0.2, 0.25) is 41.4 Å². The lowest BCUT2D eigenvalue weighted by atomic mass is 9.89. The zero-order chi connectivity index (χ0) is 72.6. The van der Waals surface area contributed by atoms with Crippen molar-refractivity contribution in [1.82, 2.24) is 46.2 Å². The van der Waals surface area contributed by atoms with Gasteiger partial charge in [-0.25, -0.2) is 14.4 Å². The molecule has 2 heterocycles. The Labute approximate surface area is 570 Å². The molecule has 12 amide bonds. The van der Waals surface area contributed by atoms with Crippen LogP contribution in [0.2, 0.25) is 0 Å². The largest absolute Gasteiger partial charge is 0.458 e. The Morgan fingerprint density at radius 1 is 0.701 bits per heavy atom. The van der Waals surface area contributed by atoms with Gasteiger partial charge in [0.15, 0.2) is 0 Å². The first kappa shape index (κ1) is 81.0. The summed E-state index contributed by atoms with van der Waals surface area (Å²) < 4.78 is 11.3. The number of aliphatic hydroxyl groups is 2. The first-order valence-electron chi connectivity index (χ1n) is 33.8. The van der Waals surface area contributed by atoms with Crippen molar-refractivity contribution in [1.29, 1.82) is 0 Å². The molecule has 0 bridgehead atoms. The number of aliphatic hydroxyl groups excluding tert-OH is 2. The van der Waals surface area contributed by atoms with Gasteiger partial charge in [-0.1, -0.05) is 118 Å². The third-order valence-electron chi connectivity index (χ3n) is 17.5. The molecule has 27 heteroatoms. The first-order chi connectivity index (χ1) is 45.6. The van der Waals surface area contributed by atoms with Crippen LogP contribution in [0, 0.1) is 29.6 Å². The van der Waals surface area contributed by atoms with Crippen LogP contribution in [0.25, 0.3) is 0 Å². The van der Waals surface area contributed by atoms with Crippen LogP contribution in [0.4, 0.5) is 15.3 Å². The summed E-state index contributed by atoms with van der Waals surface area (Å²) in [5.74, 6) is -8.10. The molecule has 0 saturated carbocycles. The number of nitrogens with two attached hydrogens (primary N) is 1. The number of carbonyl (C=O) groups is 12. The van der Waals surface area contributed by atoms with E-state index in [0.717, 1.165) is 15.4 Å². The number of likely N-dealkylation sites (tertiary alicyclic amines) is 1. The number of nitrogens with one attached hydrogen (secondary N) is 6. The molecule has 2 aliphatic rings. The molecule has 97 heavy (non-hydrogen) atoms. The molecule has 0 unspecified atom stereocenters. The fourth-order valence-corrected chi connectivity index (χ4v) is 11.9. The fraction of sp³-hybridized carbons (Fsp3) is 0.629. The molecule has 4 rings (SSSR count). The predicted octanol–water partition coefficient (Wildman–Crippen LogP) is 4.60. The number of carbonyl (C=O) groups excluding carboxylic acids is 12. The van der Waals surface area contributed by atoms with Gasteiger partial charge < -0.3 is 67.1 Å². The first-order valence-corrected chi connectivity index (χ1v) is 33.8. The molecule has 2 aliphatic heterocycles. The van der Waals surface area contributed by atoms with Crippen molar-refractivity contribution in [2.75, 3.05) is 39.0 Å². The Bertz CT molecular complexity index is 3030. The van der Waals surface area contributed by atoms with E-state index in [9.17, 15) is 67.7 Å². The van der Waals surface area contributed by atoms with Crippen molar-refractivity contribution in [2.45, 2.75) is 220 Å². The number of unbranched alkanes of at least 4 members (excludes halogenated alkanes) is 2. The van der Waals surface area contributed by atoms with Crippen molar-refractivity contribution < 1.29 is 77.2 Å². The second kappa shape index (κ2) is 38.5. The lowest BCUT2D eigenvalue weighted by molar-refractivity contribution is -0.159. The van der Waals surface area contributed by atoms with E-state index in [1.54, 1.807) is 86.6 Å². The van der Waals surface area contributed by atoms with Crippen LogP contribution in [0.3, 0.4) is 0 Å². The average molecular weight is 1360 g/mol. The number of rotatable bonds is 37. The van der Waals surface area contributed by atoms with Crippen LogP contribution in [-0.4, -0.2) is 195 Å². The number of likely N-dealkylation sites (N-methyl/N-ethyl adjacent to an activating group) is 2. The van der Waals surface area contributed by atoms with Crippen LogP contribution in [0.1, 0.15) is 158 Å². The Kier molecular flexibility index (Phi) is 32.1. The van der Waals surface area contributed by atoms with Gasteiger partial charge in [-0.3, -0.25) is 53.0 Å². The van der Waals surface area contributed by atoms with Gasteiger partial charge in [0, 0.05) is 64.4 Å². The number of anilines is 1. The fourth-order valence-electron chi connectivity index (χ4n) is 11.9. The molecule has 1 fully saturated rings. The number of benzene rings is 2. The van der Waals surface area contributed by atoms with E-state index in [1.165, 1.54) is 43.0 Å². The minimum Gasteiger partial charge on any atom is -0.458 e. The number of imide groups is 1. The number of hydrogen-bond donors (Lipinski definition) is 9. The summed E-state index contributed by atoms with van der Waals surface area (Å²) in [6.07, 6.45) is 1.78. The molecular weight excluding hydrogens is 1250 g/mol. The molecular formula is C70H107N11O16. The summed E-state index contributed by atoms with van der Waals surface area (Å²) in [6.45, 7) is 21.1. The smallest absolute Gasteiger partial charge is 0.410 e. The minimum absolute atomic E-state index is 0.0724. The summed E-state index contributed by atoms with van der Waals surface area (Å²) in [5, 5.41) is 40.1. The highest BCUT2D eigenvalue weighted by Gasteiger charge is 2.43. The molecule has 2 aromatic carbocycles. The third-order valence-corrected chi connectivity index (χ3v) is 17.5. The summed E-state index contributed by atoms with van der Waals surface area (Å²) in [4.78, 5) is 165. The highest BCUT2D eigenvalue weighted by molar-refractivity contribution is 6.12. The summed E-state index contributed by atoms with van der Waals surface area (Å²) in [7, 11) is 2.90. The maximum atomic E-state index is 14.7. The lowest BCUT2D eigenvalue weighted by Crippen LogP contribution is -2.60. The van der Waals surface area contributed by atoms with E-state index in [0.29, 0.717) is 49.8 Å². The monoisotopic (exact) mass is 1360 g/mol. The molecule has 0 aromatic heterocycles. The number of esters is 1. The summed E-state index contributed by atoms with van der Waals surface area (Å²) in [6, 6.07) is 7.45. The van der Waals surface area contributed by atoms with Gasteiger partial charge in [-0.15, -0.1) is 0 Å². The maximum absolute atomic E-state index is 14.7. The van der Waals surface area contributed by atoms with Crippen molar-refractivity contribution in [3.8, 4) is 0 Å². The lowest BCUT2D eigenvalue weighted by Gasteiger charge is -2.40. The van der Waals surface area contributed by atoms with E-state index in [4.69, 9.17) is 15.2 Å². The van der Waals surface area contributed by atoms with Crippen LogP contribution in [-0.2, 0) is 70.4 Å². The second-order valence-electron chi connectivity index (χ2n) is 27.5. The quantitative estimate of drug-likeness (QED) is 0.0254. The summed E-state index contributed by atoms with van der Waals surface area (Å²) in [5.41, 5.74) is 6.01. The van der Waals surface area contributed by atoms with E-state index in [1.807, 2.05) is 44.2 Å². The molecule has 538 valence electrons. The number of hydrogen-bond acceptors (Lipinski definition) is 16. The van der Waals surface area contributed by atoms with Crippen molar-refractivity contribution in [3.63, 3.8) is 0 Å². The molecule has 0 aliphatic carbocycles. The Morgan fingerprint density at radius 3 is 1.90 bits per heavy atom. The number of ether oxygens (including phenoxy) is 2. The maximum Gasteiger partial charge on any atom is 0.410 e. The standard InChI is InChI=1S/C70H107N11O16/c1-15-44(8)60(52(82)39-56(86)80-37-23-27-51(80)61(87)45(9)62(88)75-50(67(93)97-70(10,11)12)38-46-24-18-16-19-25-46)78(13)66(92)58(42(4)5)77-65(91)59(43(6)7)79(14)69(95)96-40-47-29-31-48(32-30-47)73-63(89)49(26-22-35-72-68(71)94)74-64(90)57(41(2)3)76-53(83)28-20-17-21-36-81-54(84)33-34-55(81)85/h16,18-19,24-25,29-34,41-45,49-52,57-61,82,87H,15,17,20-23,26-28,35-40H2,1-14H3,(H,73,89)(H,74,90)(H,75,88)(H,76,83)(H,77,91)(H3,71,72,94)/t44-,45+,49-,50-,51-,52+,57-,58-,59-,60-,61+/m0/s1. The molecule has 1 saturated heterocycles. The molecule has 11 atom stereocenters. The second-order valence-corrected chi connectivity index (χ2v) is 27.5. The minimum atomic E-state index is -1.40. The van der Waals surface area contributed by atoms with Gasteiger partial charge in [-0.2, -0.15) is 0 Å². The van der Waals surface area contributed by atoms with E-state index < -0.39 is 144 Å². The van der Waals surface area contributed by atoms with Crippen molar-refractivity contribution in [3.05, 3.63) is 77.9 Å². The zero-order valence-electron chi connectivity index (χ0n) is 59.0. The highest BCUT2D eigenvalue weighted by atomic mass is 16.6.